The number of carbonyl (C=O) groups excluding carboxylic acids is 1. The standard InChI is InChI=1S/C24H24N2O3S2/c1-17-7-10-20(11-8-17)30-14-4-6-23(27)26(16-19-5-3-13-29-19)24-25-21-15-18(28-2)9-12-22(21)31-24/h3,5,7-13,15H,4,6,14,16H2,1-2H3. The van der Waals surface area contributed by atoms with E-state index in [0.717, 1.165) is 33.9 Å². The minimum absolute atomic E-state index is 0.0481. The molecule has 4 rings (SSSR count). The zero-order chi connectivity index (χ0) is 21.6. The first-order valence-corrected chi connectivity index (χ1v) is 11.9. The highest BCUT2D eigenvalue weighted by atomic mass is 32.2. The minimum Gasteiger partial charge on any atom is -0.497 e. The maximum atomic E-state index is 13.1. The second kappa shape index (κ2) is 10.0. The van der Waals surface area contributed by atoms with Gasteiger partial charge in [-0.05, 0) is 55.5 Å². The van der Waals surface area contributed by atoms with Crippen LogP contribution in [0.4, 0.5) is 5.13 Å². The molecule has 0 fully saturated rings. The number of methoxy groups -OCH3 is 1. The van der Waals surface area contributed by atoms with Crippen LogP contribution in [-0.2, 0) is 11.3 Å². The van der Waals surface area contributed by atoms with E-state index in [9.17, 15) is 4.79 Å². The molecule has 0 bridgehead atoms. The van der Waals surface area contributed by atoms with E-state index in [2.05, 4.69) is 31.2 Å². The molecule has 0 aliphatic heterocycles. The Balaban J connectivity index is 1.45. The molecule has 0 saturated heterocycles. The lowest BCUT2D eigenvalue weighted by Gasteiger charge is -2.18. The van der Waals surface area contributed by atoms with Gasteiger partial charge in [-0.25, -0.2) is 4.98 Å². The van der Waals surface area contributed by atoms with Crippen LogP contribution in [0, 0.1) is 6.92 Å². The number of hydrogen-bond donors (Lipinski definition) is 0. The molecule has 7 heteroatoms. The lowest BCUT2D eigenvalue weighted by atomic mass is 10.2. The Morgan fingerprint density at radius 2 is 2.03 bits per heavy atom. The van der Waals surface area contributed by atoms with Gasteiger partial charge in [0.1, 0.15) is 11.5 Å². The Kier molecular flexibility index (Phi) is 6.94. The molecule has 4 aromatic rings. The minimum atomic E-state index is 0.0481. The molecule has 160 valence electrons. The molecular weight excluding hydrogens is 428 g/mol. The van der Waals surface area contributed by atoms with Crippen LogP contribution in [-0.4, -0.2) is 23.8 Å². The normalized spacial score (nSPS) is 11.0. The monoisotopic (exact) mass is 452 g/mol. The van der Waals surface area contributed by atoms with Crippen molar-refractivity contribution in [1.29, 1.82) is 0 Å². The number of thiazole rings is 1. The maximum absolute atomic E-state index is 13.1. The third kappa shape index (κ3) is 5.48. The van der Waals surface area contributed by atoms with Gasteiger partial charge in [-0.1, -0.05) is 29.0 Å². The summed E-state index contributed by atoms with van der Waals surface area (Å²) < 4.78 is 11.8. The zero-order valence-corrected chi connectivity index (χ0v) is 19.2. The molecule has 2 aromatic heterocycles. The van der Waals surface area contributed by atoms with Crippen LogP contribution < -0.4 is 9.64 Å². The van der Waals surface area contributed by atoms with E-state index in [1.165, 1.54) is 21.8 Å². The lowest BCUT2D eigenvalue weighted by molar-refractivity contribution is -0.118. The lowest BCUT2D eigenvalue weighted by Crippen LogP contribution is -2.30. The summed E-state index contributed by atoms with van der Waals surface area (Å²) in [7, 11) is 1.63. The van der Waals surface area contributed by atoms with Crippen LogP contribution in [0.15, 0.2) is 70.2 Å². The number of hydrogen-bond acceptors (Lipinski definition) is 6. The van der Waals surface area contributed by atoms with Crippen molar-refractivity contribution < 1.29 is 13.9 Å². The highest BCUT2D eigenvalue weighted by molar-refractivity contribution is 7.99. The molecular formula is C24H24N2O3S2. The highest BCUT2D eigenvalue weighted by Crippen LogP contribution is 2.32. The number of amides is 1. The first kappa shape index (κ1) is 21.5. The molecule has 0 saturated carbocycles. The van der Waals surface area contributed by atoms with Gasteiger partial charge in [-0.15, -0.1) is 11.8 Å². The van der Waals surface area contributed by atoms with E-state index in [1.54, 1.807) is 30.0 Å². The number of ether oxygens (including phenoxy) is 1. The van der Waals surface area contributed by atoms with Crippen molar-refractivity contribution in [1.82, 2.24) is 4.98 Å². The fourth-order valence-electron chi connectivity index (χ4n) is 3.14. The smallest absolute Gasteiger partial charge is 0.229 e. The number of aryl methyl sites for hydroxylation is 1. The van der Waals surface area contributed by atoms with Gasteiger partial charge < -0.3 is 9.15 Å². The Bertz CT molecular complexity index is 1140. The SMILES string of the molecule is COc1ccc2sc(N(Cc3ccco3)C(=O)CCCSc3ccc(C)cc3)nc2c1. The summed E-state index contributed by atoms with van der Waals surface area (Å²) in [6, 6.07) is 18.0. The van der Waals surface area contributed by atoms with Crippen LogP contribution in [0.25, 0.3) is 10.2 Å². The fourth-order valence-corrected chi connectivity index (χ4v) is 4.96. The number of rotatable bonds is 9. The number of thioether (sulfide) groups is 1. The first-order valence-electron chi connectivity index (χ1n) is 10.1. The van der Waals surface area contributed by atoms with Gasteiger partial charge in [-0.3, -0.25) is 9.69 Å². The van der Waals surface area contributed by atoms with E-state index < -0.39 is 0 Å². The molecule has 0 radical (unpaired) electrons. The second-order valence-electron chi connectivity index (χ2n) is 7.15. The molecule has 0 aliphatic rings. The summed E-state index contributed by atoms with van der Waals surface area (Å²) in [6.07, 6.45) is 2.88. The molecule has 0 aliphatic carbocycles. The largest absolute Gasteiger partial charge is 0.497 e. The number of aromatic nitrogens is 1. The van der Waals surface area contributed by atoms with Gasteiger partial charge in [0.05, 0.1) is 30.1 Å². The topological polar surface area (TPSA) is 55.6 Å². The highest BCUT2D eigenvalue weighted by Gasteiger charge is 2.21. The Labute approximate surface area is 190 Å². The molecule has 0 N–H and O–H groups in total. The summed E-state index contributed by atoms with van der Waals surface area (Å²) in [6.45, 7) is 2.45. The molecule has 0 atom stereocenters. The number of benzene rings is 2. The third-order valence-corrected chi connectivity index (χ3v) is 6.99. The second-order valence-corrected chi connectivity index (χ2v) is 9.33. The van der Waals surface area contributed by atoms with Crippen LogP contribution in [0.3, 0.4) is 0 Å². The van der Waals surface area contributed by atoms with Crippen LogP contribution in [0.2, 0.25) is 0 Å². The number of anilines is 1. The number of fused-ring (bicyclic) bond motifs is 1. The molecule has 1 amide bonds. The van der Waals surface area contributed by atoms with E-state index in [4.69, 9.17) is 14.1 Å². The average Bonchev–Trinajstić information content (AvgIpc) is 3.45. The van der Waals surface area contributed by atoms with Gasteiger partial charge >= 0.3 is 0 Å². The Morgan fingerprint density at radius 3 is 2.77 bits per heavy atom. The van der Waals surface area contributed by atoms with Crippen LogP contribution in [0.1, 0.15) is 24.2 Å². The van der Waals surface area contributed by atoms with Crippen molar-refractivity contribution in [2.75, 3.05) is 17.8 Å². The summed E-state index contributed by atoms with van der Waals surface area (Å²) >= 11 is 3.28. The molecule has 5 nitrogen and oxygen atoms in total. The number of furan rings is 1. The number of carbonyl (C=O) groups is 1. The van der Waals surface area contributed by atoms with Crippen LogP contribution >= 0.6 is 23.1 Å². The first-order chi connectivity index (χ1) is 15.1. The molecule has 2 heterocycles. The summed E-state index contributed by atoms with van der Waals surface area (Å²) in [4.78, 5) is 20.8. The number of nitrogens with zero attached hydrogens (tertiary/aromatic N) is 2. The molecule has 31 heavy (non-hydrogen) atoms. The Morgan fingerprint density at radius 1 is 1.19 bits per heavy atom. The fraction of sp³-hybridized carbons (Fsp3) is 0.250. The molecule has 0 unspecified atom stereocenters. The summed E-state index contributed by atoms with van der Waals surface area (Å²) in [5.74, 6) is 2.42. The Hall–Kier alpha value is -2.77. The van der Waals surface area contributed by atoms with E-state index >= 15 is 0 Å². The van der Waals surface area contributed by atoms with Crippen molar-refractivity contribution in [2.45, 2.75) is 31.2 Å². The zero-order valence-electron chi connectivity index (χ0n) is 17.5. The van der Waals surface area contributed by atoms with E-state index in [-0.39, 0.29) is 5.91 Å². The van der Waals surface area contributed by atoms with Crippen molar-refractivity contribution in [3.8, 4) is 5.75 Å². The van der Waals surface area contributed by atoms with Crippen LogP contribution in [0.5, 0.6) is 5.75 Å². The molecule has 2 aromatic carbocycles. The van der Waals surface area contributed by atoms with Gasteiger partial charge in [0.25, 0.3) is 0 Å². The predicted octanol–water partition coefficient (Wildman–Crippen LogP) is 6.31. The van der Waals surface area contributed by atoms with Gasteiger partial charge in [-0.2, -0.15) is 0 Å². The third-order valence-electron chi connectivity index (χ3n) is 4.83. The van der Waals surface area contributed by atoms with E-state index in [1.807, 2.05) is 30.3 Å². The molecule has 0 spiro atoms. The van der Waals surface area contributed by atoms with Gasteiger partial charge in [0, 0.05) is 17.4 Å². The quantitative estimate of drug-likeness (QED) is 0.220. The van der Waals surface area contributed by atoms with Crippen molar-refractivity contribution in [3.05, 3.63) is 72.2 Å². The van der Waals surface area contributed by atoms with E-state index in [0.29, 0.717) is 18.1 Å². The van der Waals surface area contributed by atoms with Crippen molar-refractivity contribution in [3.63, 3.8) is 0 Å². The van der Waals surface area contributed by atoms with Gasteiger partial charge in [0.2, 0.25) is 5.91 Å². The van der Waals surface area contributed by atoms with Crippen molar-refractivity contribution in [2.24, 2.45) is 0 Å². The van der Waals surface area contributed by atoms with Crippen molar-refractivity contribution >= 4 is 44.4 Å². The summed E-state index contributed by atoms with van der Waals surface area (Å²) in [5.41, 5.74) is 2.08. The summed E-state index contributed by atoms with van der Waals surface area (Å²) in [5, 5.41) is 0.677. The maximum Gasteiger partial charge on any atom is 0.229 e. The predicted molar refractivity (Wildman–Crippen MR) is 127 cm³/mol. The van der Waals surface area contributed by atoms with Gasteiger partial charge in [0.15, 0.2) is 5.13 Å². The average molecular weight is 453 g/mol.